The summed E-state index contributed by atoms with van der Waals surface area (Å²) in [5.74, 6) is -0.320. The molecule has 0 bridgehead atoms. The first-order valence-electron chi connectivity index (χ1n) is 9.59. The summed E-state index contributed by atoms with van der Waals surface area (Å²) < 4.78 is 0.951. The molecule has 0 radical (unpaired) electrons. The van der Waals surface area contributed by atoms with E-state index in [2.05, 4.69) is 39.4 Å². The summed E-state index contributed by atoms with van der Waals surface area (Å²) in [7, 11) is 0. The summed E-state index contributed by atoms with van der Waals surface area (Å²) in [6.07, 6.45) is 1.80. The highest BCUT2D eigenvalue weighted by atomic mass is 79.9. The van der Waals surface area contributed by atoms with E-state index in [1.165, 1.54) is 4.90 Å². The van der Waals surface area contributed by atoms with Crippen molar-refractivity contribution in [2.75, 3.05) is 0 Å². The lowest BCUT2D eigenvalue weighted by atomic mass is 9.96. The van der Waals surface area contributed by atoms with E-state index in [9.17, 15) is 9.59 Å². The molecule has 4 nitrogen and oxygen atoms in total. The lowest BCUT2D eigenvalue weighted by molar-refractivity contribution is -0.123. The molecule has 1 fully saturated rings. The Balaban J connectivity index is 1.58. The van der Waals surface area contributed by atoms with Crippen LogP contribution in [0.4, 0.5) is 4.79 Å². The van der Waals surface area contributed by atoms with Crippen LogP contribution in [0.25, 0.3) is 27.6 Å². The molecular formula is C25H17BrN2O2. The van der Waals surface area contributed by atoms with E-state index in [0.29, 0.717) is 5.70 Å². The molecule has 1 aliphatic heterocycles. The van der Waals surface area contributed by atoms with Gasteiger partial charge in [-0.15, -0.1) is 0 Å². The third kappa shape index (κ3) is 3.27. The van der Waals surface area contributed by atoms with Gasteiger partial charge in [-0.2, -0.15) is 0 Å². The van der Waals surface area contributed by atoms with E-state index in [4.69, 9.17) is 0 Å². The van der Waals surface area contributed by atoms with E-state index >= 15 is 0 Å². The predicted octanol–water partition coefficient (Wildman–Crippen LogP) is 5.85. The summed E-state index contributed by atoms with van der Waals surface area (Å²) in [6.45, 7) is 0.228. The highest BCUT2D eigenvalue weighted by molar-refractivity contribution is 9.10. The first kappa shape index (κ1) is 18.6. The summed E-state index contributed by atoms with van der Waals surface area (Å²) in [4.78, 5) is 26.8. The molecule has 0 aliphatic carbocycles. The van der Waals surface area contributed by atoms with Gasteiger partial charge < -0.3 is 5.32 Å². The smallest absolute Gasteiger partial charge is 0.303 e. The van der Waals surface area contributed by atoms with Crippen LogP contribution < -0.4 is 5.32 Å². The third-order valence-corrected chi connectivity index (χ3v) is 5.85. The normalized spacial score (nSPS) is 15.4. The monoisotopic (exact) mass is 456 g/mol. The van der Waals surface area contributed by atoms with Gasteiger partial charge in [-0.05, 0) is 56.9 Å². The number of nitrogens with zero attached hydrogens (tertiary/aromatic N) is 1. The lowest BCUT2D eigenvalue weighted by Gasteiger charge is -2.12. The van der Waals surface area contributed by atoms with Crippen molar-refractivity contribution in [1.29, 1.82) is 0 Å². The number of carbonyl (C=O) groups is 2. The number of nitrogens with one attached hydrogen (secondary N) is 1. The minimum absolute atomic E-state index is 0.228. The molecule has 5 heteroatoms. The summed E-state index contributed by atoms with van der Waals surface area (Å²) in [6, 6.07) is 25.4. The van der Waals surface area contributed by atoms with E-state index in [0.717, 1.165) is 37.1 Å². The average molecular weight is 457 g/mol. The maximum Gasteiger partial charge on any atom is 0.329 e. The van der Waals surface area contributed by atoms with Crippen LogP contribution in [0.5, 0.6) is 0 Å². The zero-order chi connectivity index (χ0) is 20.7. The van der Waals surface area contributed by atoms with Crippen molar-refractivity contribution in [3.8, 4) is 0 Å². The predicted molar refractivity (Wildman–Crippen MR) is 123 cm³/mol. The zero-order valence-corrected chi connectivity index (χ0v) is 17.5. The van der Waals surface area contributed by atoms with Crippen LogP contribution in [0, 0.1) is 0 Å². The van der Waals surface area contributed by atoms with Crippen LogP contribution in [0.3, 0.4) is 0 Å². The highest BCUT2D eigenvalue weighted by Crippen LogP contribution is 2.31. The van der Waals surface area contributed by atoms with Gasteiger partial charge in [0.15, 0.2) is 0 Å². The number of urea groups is 1. The first-order valence-corrected chi connectivity index (χ1v) is 10.4. The molecular weight excluding hydrogens is 440 g/mol. The second-order valence-corrected chi connectivity index (χ2v) is 8.15. The van der Waals surface area contributed by atoms with E-state index in [-0.39, 0.29) is 12.5 Å². The standard InChI is InChI=1S/C25H17BrN2O2/c26-19-11-9-16(10-12-19)15-28-24(29)23(27-25(28)30)14-22-20-7-3-1-5-17(20)13-18-6-2-4-8-21(18)22/h1-14H,15H2,(H,27,30)/b23-14+. The Bertz CT molecular complexity index is 1290. The minimum atomic E-state index is -0.404. The number of rotatable bonds is 3. The number of benzene rings is 4. The van der Waals surface area contributed by atoms with Crippen molar-refractivity contribution in [3.63, 3.8) is 0 Å². The fraction of sp³-hybridized carbons (Fsp3) is 0.0400. The number of halogens is 1. The highest BCUT2D eigenvalue weighted by Gasteiger charge is 2.33. The van der Waals surface area contributed by atoms with Crippen LogP contribution in [0.1, 0.15) is 11.1 Å². The number of hydrogen-bond acceptors (Lipinski definition) is 2. The topological polar surface area (TPSA) is 49.4 Å². The van der Waals surface area contributed by atoms with E-state index in [1.807, 2.05) is 60.7 Å². The van der Waals surface area contributed by atoms with Crippen molar-refractivity contribution in [1.82, 2.24) is 10.2 Å². The van der Waals surface area contributed by atoms with Crippen LogP contribution in [-0.4, -0.2) is 16.8 Å². The van der Waals surface area contributed by atoms with Crippen LogP contribution in [0.15, 0.2) is 89.0 Å². The molecule has 0 spiro atoms. The maximum atomic E-state index is 13.0. The molecule has 4 aromatic carbocycles. The molecule has 0 saturated carbocycles. The SMILES string of the molecule is O=C1N/C(=C/c2c3ccccc3cc3ccccc23)C(=O)N1Cc1ccc(Br)cc1. The van der Waals surface area contributed by atoms with Gasteiger partial charge in [0, 0.05) is 4.47 Å². The fourth-order valence-corrected chi connectivity index (χ4v) is 4.10. The molecule has 1 aliphatic rings. The van der Waals surface area contributed by atoms with Crippen LogP contribution >= 0.6 is 15.9 Å². The van der Waals surface area contributed by atoms with Gasteiger partial charge in [0.05, 0.1) is 6.54 Å². The van der Waals surface area contributed by atoms with Gasteiger partial charge >= 0.3 is 6.03 Å². The Hall–Kier alpha value is -3.44. The summed E-state index contributed by atoms with van der Waals surface area (Å²) in [5.41, 5.74) is 2.11. The van der Waals surface area contributed by atoms with Gasteiger partial charge in [0.1, 0.15) is 5.70 Å². The molecule has 1 saturated heterocycles. The summed E-state index contributed by atoms with van der Waals surface area (Å²) >= 11 is 3.40. The van der Waals surface area contributed by atoms with Crippen molar-refractivity contribution < 1.29 is 9.59 Å². The van der Waals surface area contributed by atoms with E-state index in [1.54, 1.807) is 6.08 Å². The molecule has 0 unspecified atom stereocenters. The molecule has 0 atom stereocenters. The van der Waals surface area contributed by atoms with Gasteiger partial charge in [-0.3, -0.25) is 9.69 Å². The molecule has 1 heterocycles. The Morgan fingerprint density at radius 1 is 0.833 bits per heavy atom. The number of amides is 3. The van der Waals surface area contributed by atoms with Crippen molar-refractivity contribution in [2.45, 2.75) is 6.54 Å². The molecule has 146 valence electrons. The summed E-state index contributed by atoms with van der Waals surface area (Å²) in [5, 5.41) is 7.01. The van der Waals surface area contributed by atoms with Gasteiger partial charge in [-0.25, -0.2) is 4.79 Å². The Kier molecular flexibility index (Phi) is 4.60. The van der Waals surface area contributed by atoms with Gasteiger partial charge in [-0.1, -0.05) is 76.6 Å². The van der Waals surface area contributed by atoms with E-state index < -0.39 is 6.03 Å². The lowest BCUT2D eigenvalue weighted by Crippen LogP contribution is -2.30. The largest absolute Gasteiger partial charge is 0.329 e. The number of hydrogen-bond donors (Lipinski definition) is 1. The Labute approximate surface area is 181 Å². The average Bonchev–Trinajstić information content (AvgIpc) is 3.02. The zero-order valence-electron chi connectivity index (χ0n) is 15.9. The first-order chi connectivity index (χ1) is 14.6. The quantitative estimate of drug-likeness (QED) is 0.239. The van der Waals surface area contributed by atoms with Crippen molar-refractivity contribution in [2.24, 2.45) is 0 Å². The van der Waals surface area contributed by atoms with Crippen LogP contribution in [-0.2, 0) is 11.3 Å². The van der Waals surface area contributed by atoms with Crippen molar-refractivity contribution >= 4 is 55.5 Å². The maximum absolute atomic E-state index is 13.0. The molecule has 1 N–H and O–H groups in total. The molecule has 30 heavy (non-hydrogen) atoms. The third-order valence-electron chi connectivity index (χ3n) is 5.32. The number of imide groups is 1. The number of fused-ring (bicyclic) bond motifs is 2. The fourth-order valence-electron chi connectivity index (χ4n) is 3.84. The minimum Gasteiger partial charge on any atom is -0.303 e. The van der Waals surface area contributed by atoms with Crippen molar-refractivity contribution in [3.05, 3.63) is 100 Å². The molecule has 5 rings (SSSR count). The molecule has 3 amide bonds. The van der Waals surface area contributed by atoms with Crippen LogP contribution in [0.2, 0.25) is 0 Å². The van der Waals surface area contributed by atoms with Gasteiger partial charge in [0.25, 0.3) is 5.91 Å². The number of carbonyl (C=O) groups excluding carboxylic acids is 2. The Morgan fingerprint density at radius 3 is 2.07 bits per heavy atom. The second kappa shape index (κ2) is 7.43. The molecule has 4 aromatic rings. The molecule has 0 aromatic heterocycles. The van der Waals surface area contributed by atoms with Gasteiger partial charge in [0.2, 0.25) is 0 Å². The Morgan fingerprint density at radius 2 is 1.43 bits per heavy atom. The second-order valence-electron chi connectivity index (χ2n) is 7.24.